The first-order valence-corrected chi connectivity index (χ1v) is 6.26. The third kappa shape index (κ3) is 3.82. The molecule has 1 N–H and O–H groups in total. The Morgan fingerprint density at radius 2 is 2.06 bits per heavy atom. The molecule has 1 aromatic rings. The molecule has 0 spiro atoms. The maximum atomic E-state index is 3.84. The molecule has 1 saturated carbocycles. The molecule has 1 aromatic carbocycles. The van der Waals surface area contributed by atoms with Crippen LogP contribution in [0.4, 0.5) is 0 Å². The normalized spacial score (nSPS) is 17.0. The summed E-state index contributed by atoms with van der Waals surface area (Å²) in [5.41, 5.74) is 1.41. The summed E-state index contributed by atoms with van der Waals surface area (Å²) in [6.07, 6.45) is 7.02. The highest BCUT2D eigenvalue weighted by Gasteiger charge is 2.21. The van der Waals surface area contributed by atoms with E-state index in [-0.39, 0.29) is 0 Å². The summed E-state index contributed by atoms with van der Waals surface area (Å²) < 4.78 is 0. The summed E-state index contributed by atoms with van der Waals surface area (Å²) in [4.78, 5) is 0. The summed E-state index contributed by atoms with van der Waals surface area (Å²) in [6.45, 7) is 5.03. The molecule has 0 aromatic heterocycles. The second-order valence-corrected chi connectivity index (χ2v) is 4.76. The van der Waals surface area contributed by atoms with Crippen molar-refractivity contribution in [3.63, 3.8) is 0 Å². The predicted molar refractivity (Wildman–Crippen MR) is 69.5 cm³/mol. The highest BCUT2D eigenvalue weighted by atomic mass is 14.9. The Labute approximate surface area is 98.6 Å². The largest absolute Gasteiger partial charge is 0.313 e. The molecule has 1 aliphatic carbocycles. The zero-order valence-electron chi connectivity index (χ0n) is 9.86. The van der Waals surface area contributed by atoms with Crippen molar-refractivity contribution < 1.29 is 0 Å². The first kappa shape index (κ1) is 11.4. The lowest BCUT2D eigenvalue weighted by molar-refractivity contribution is 0.497. The third-order valence-electron chi connectivity index (χ3n) is 3.17. The van der Waals surface area contributed by atoms with Gasteiger partial charge in [0, 0.05) is 6.04 Å². The summed E-state index contributed by atoms with van der Waals surface area (Å²) in [6, 6.07) is 11.3. The Hall–Kier alpha value is -1.08. The van der Waals surface area contributed by atoms with E-state index in [9.17, 15) is 0 Å². The van der Waals surface area contributed by atoms with Gasteiger partial charge in [-0.15, -0.1) is 6.58 Å². The molecule has 16 heavy (non-hydrogen) atoms. The zero-order valence-corrected chi connectivity index (χ0v) is 9.86. The van der Waals surface area contributed by atoms with Crippen molar-refractivity contribution in [3.05, 3.63) is 48.6 Å². The maximum absolute atomic E-state index is 3.84. The van der Waals surface area contributed by atoms with E-state index in [4.69, 9.17) is 0 Å². The molecule has 0 heterocycles. The summed E-state index contributed by atoms with van der Waals surface area (Å²) in [5.74, 6) is 0.947. The van der Waals surface area contributed by atoms with Crippen molar-refractivity contribution in [1.29, 1.82) is 0 Å². The van der Waals surface area contributed by atoms with Crippen molar-refractivity contribution >= 4 is 0 Å². The van der Waals surface area contributed by atoms with Gasteiger partial charge < -0.3 is 5.32 Å². The first-order valence-electron chi connectivity index (χ1n) is 6.26. The Morgan fingerprint density at radius 1 is 1.31 bits per heavy atom. The molecule has 0 radical (unpaired) electrons. The van der Waals surface area contributed by atoms with Crippen molar-refractivity contribution in [2.45, 2.75) is 31.7 Å². The summed E-state index contributed by atoms with van der Waals surface area (Å²) in [5, 5.41) is 3.66. The van der Waals surface area contributed by atoms with E-state index >= 15 is 0 Å². The molecule has 1 fully saturated rings. The van der Waals surface area contributed by atoms with Gasteiger partial charge in [-0.05, 0) is 43.7 Å². The van der Waals surface area contributed by atoms with Gasteiger partial charge in [-0.1, -0.05) is 36.4 Å². The van der Waals surface area contributed by atoms with Crippen LogP contribution in [0, 0.1) is 5.92 Å². The quantitative estimate of drug-likeness (QED) is 0.689. The average Bonchev–Trinajstić information content (AvgIpc) is 3.11. The van der Waals surface area contributed by atoms with Crippen LogP contribution in [-0.4, -0.2) is 12.6 Å². The van der Waals surface area contributed by atoms with E-state index in [1.807, 2.05) is 6.08 Å². The fourth-order valence-electron chi connectivity index (χ4n) is 1.99. The smallest absolute Gasteiger partial charge is 0.0142 e. The third-order valence-corrected chi connectivity index (χ3v) is 3.17. The number of benzene rings is 1. The number of rotatable bonds is 7. The van der Waals surface area contributed by atoms with E-state index in [2.05, 4.69) is 42.2 Å². The molecule has 1 heteroatoms. The second-order valence-electron chi connectivity index (χ2n) is 4.76. The molecular weight excluding hydrogens is 194 g/mol. The SMILES string of the molecule is C=CCC(Cc1ccccc1)NCC1CC1. The van der Waals surface area contributed by atoms with Crippen LogP contribution in [0.5, 0.6) is 0 Å². The van der Waals surface area contributed by atoms with Crippen LogP contribution in [0.15, 0.2) is 43.0 Å². The van der Waals surface area contributed by atoms with Gasteiger partial charge in [-0.3, -0.25) is 0 Å². The van der Waals surface area contributed by atoms with Gasteiger partial charge in [0.05, 0.1) is 0 Å². The van der Waals surface area contributed by atoms with Crippen LogP contribution in [0.2, 0.25) is 0 Å². The van der Waals surface area contributed by atoms with Crippen molar-refractivity contribution in [2.75, 3.05) is 6.54 Å². The van der Waals surface area contributed by atoms with E-state index < -0.39 is 0 Å². The molecule has 0 amide bonds. The van der Waals surface area contributed by atoms with Gasteiger partial charge >= 0.3 is 0 Å². The van der Waals surface area contributed by atoms with Crippen molar-refractivity contribution in [3.8, 4) is 0 Å². The van der Waals surface area contributed by atoms with Gasteiger partial charge in [-0.2, -0.15) is 0 Å². The lowest BCUT2D eigenvalue weighted by Gasteiger charge is -2.17. The molecule has 0 saturated heterocycles. The van der Waals surface area contributed by atoms with Crippen LogP contribution in [0.3, 0.4) is 0 Å². The van der Waals surface area contributed by atoms with Gasteiger partial charge in [0.2, 0.25) is 0 Å². The molecule has 2 rings (SSSR count). The number of nitrogens with one attached hydrogen (secondary N) is 1. The molecule has 1 atom stereocenters. The standard InChI is InChI=1S/C15H21N/c1-2-6-15(16-12-14-9-10-14)11-13-7-4-3-5-8-13/h2-5,7-8,14-16H,1,6,9-12H2. The van der Waals surface area contributed by atoms with Crippen LogP contribution < -0.4 is 5.32 Å². The second kappa shape index (κ2) is 5.86. The number of hydrogen-bond acceptors (Lipinski definition) is 1. The van der Waals surface area contributed by atoms with Gasteiger partial charge in [0.1, 0.15) is 0 Å². The van der Waals surface area contributed by atoms with Crippen molar-refractivity contribution in [2.24, 2.45) is 5.92 Å². The lowest BCUT2D eigenvalue weighted by Crippen LogP contribution is -2.32. The monoisotopic (exact) mass is 215 g/mol. The van der Waals surface area contributed by atoms with Crippen LogP contribution in [-0.2, 0) is 6.42 Å². The first-order chi connectivity index (χ1) is 7.88. The van der Waals surface area contributed by atoms with E-state index in [1.165, 1.54) is 24.9 Å². The van der Waals surface area contributed by atoms with E-state index in [0.29, 0.717) is 6.04 Å². The summed E-state index contributed by atoms with van der Waals surface area (Å²) in [7, 11) is 0. The van der Waals surface area contributed by atoms with Gasteiger partial charge in [0.25, 0.3) is 0 Å². The minimum Gasteiger partial charge on any atom is -0.313 e. The average molecular weight is 215 g/mol. The number of hydrogen-bond donors (Lipinski definition) is 1. The van der Waals surface area contributed by atoms with Crippen molar-refractivity contribution in [1.82, 2.24) is 5.32 Å². The molecule has 1 aliphatic rings. The topological polar surface area (TPSA) is 12.0 Å². The molecular formula is C15H21N. The zero-order chi connectivity index (χ0) is 11.2. The molecule has 1 unspecified atom stereocenters. The predicted octanol–water partition coefficient (Wildman–Crippen LogP) is 3.17. The molecule has 86 valence electrons. The highest BCUT2D eigenvalue weighted by Crippen LogP contribution is 2.27. The molecule has 0 aliphatic heterocycles. The van der Waals surface area contributed by atoms with Gasteiger partial charge in [-0.25, -0.2) is 0 Å². The van der Waals surface area contributed by atoms with Crippen LogP contribution >= 0.6 is 0 Å². The Kier molecular flexibility index (Phi) is 4.17. The Bertz CT molecular complexity index is 313. The molecule has 1 nitrogen and oxygen atoms in total. The fraction of sp³-hybridized carbons (Fsp3) is 0.467. The Morgan fingerprint density at radius 3 is 2.69 bits per heavy atom. The lowest BCUT2D eigenvalue weighted by atomic mass is 10.0. The van der Waals surface area contributed by atoms with Gasteiger partial charge in [0.15, 0.2) is 0 Å². The molecule has 0 bridgehead atoms. The van der Waals surface area contributed by atoms with E-state index in [1.54, 1.807) is 0 Å². The summed E-state index contributed by atoms with van der Waals surface area (Å²) >= 11 is 0. The maximum Gasteiger partial charge on any atom is 0.0142 e. The minimum absolute atomic E-state index is 0.556. The van der Waals surface area contributed by atoms with Crippen LogP contribution in [0.1, 0.15) is 24.8 Å². The fourth-order valence-corrected chi connectivity index (χ4v) is 1.99. The van der Waals surface area contributed by atoms with E-state index in [0.717, 1.165) is 18.8 Å². The van der Waals surface area contributed by atoms with Crippen LogP contribution in [0.25, 0.3) is 0 Å². The highest BCUT2D eigenvalue weighted by molar-refractivity contribution is 5.16. The Balaban J connectivity index is 1.83. The minimum atomic E-state index is 0.556.